The van der Waals surface area contributed by atoms with Gasteiger partial charge in [0.15, 0.2) is 11.5 Å². The van der Waals surface area contributed by atoms with Crippen LogP contribution in [0.3, 0.4) is 0 Å². The van der Waals surface area contributed by atoms with Crippen molar-refractivity contribution in [2.45, 2.75) is 11.8 Å². The molecule has 0 bridgehead atoms. The van der Waals surface area contributed by atoms with Crippen molar-refractivity contribution in [2.75, 3.05) is 5.43 Å². The molecular weight excluding hydrogens is 565 g/mol. The van der Waals surface area contributed by atoms with Gasteiger partial charge < -0.3 is 0 Å². The van der Waals surface area contributed by atoms with Crippen LogP contribution in [0.2, 0.25) is 10.0 Å². The summed E-state index contributed by atoms with van der Waals surface area (Å²) in [6, 6.07) is 17.0. The van der Waals surface area contributed by atoms with E-state index in [1.165, 1.54) is 41.0 Å². The van der Waals surface area contributed by atoms with Crippen LogP contribution < -0.4 is 5.43 Å². The number of allylic oxidation sites excluding steroid dienone is 2. The van der Waals surface area contributed by atoms with Crippen molar-refractivity contribution in [3.8, 4) is 6.07 Å². The van der Waals surface area contributed by atoms with Crippen molar-refractivity contribution in [3.63, 3.8) is 0 Å². The van der Waals surface area contributed by atoms with Crippen LogP contribution in [-0.2, 0) is 10.1 Å². The largest absolute Gasteiger partial charge is 0.294 e. The van der Waals surface area contributed by atoms with Crippen molar-refractivity contribution < 1.29 is 17.8 Å². The third-order valence-electron chi connectivity index (χ3n) is 5.75. The van der Waals surface area contributed by atoms with Gasteiger partial charge in [-0.05, 0) is 67.6 Å². The lowest BCUT2D eigenvalue weighted by Crippen LogP contribution is -2.30. The molecule has 0 saturated carbocycles. The smallest absolute Gasteiger partial charge is 0.282 e. The fraction of sp³-hybridized carbons (Fsp3) is 0.0400. The van der Waals surface area contributed by atoms with Crippen molar-refractivity contribution in [3.05, 3.63) is 82.1 Å². The molecule has 0 aliphatic carbocycles. The first kappa shape index (κ1) is 26.2. The van der Waals surface area contributed by atoms with Gasteiger partial charge in [0.05, 0.1) is 43.0 Å². The molecule has 0 unspecified atom stereocenters. The number of hydrazone groups is 1. The van der Waals surface area contributed by atoms with Gasteiger partial charge in [-0.3, -0.25) is 19.3 Å². The van der Waals surface area contributed by atoms with E-state index in [0.717, 1.165) is 0 Å². The van der Waals surface area contributed by atoms with E-state index in [4.69, 9.17) is 27.8 Å². The fourth-order valence-electron chi connectivity index (χ4n) is 3.79. The molecule has 194 valence electrons. The SMILES string of the molecule is CC1=C(C#N)c2nc3cc(Cl)c(Cl)cc3n2C(=O)/C1=N/Nc1ccc(N=Nc2ccc(S(=O)(=O)O)cc2)cc1. The van der Waals surface area contributed by atoms with Gasteiger partial charge in [-0.25, -0.2) is 4.98 Å². The molecule has 1 aliphatic rings. The molecular formula is C25H15Cl2N7O4S. The number of aromatic nitrogens is 2. The Morgan fingerprint density at radius 3 is 2.18 bits per heavy atom. The molecule has 0 fully saturated rings. The molecule has 3 aromatic carbocycles. The van der Waals surface area contributed by atoms with Gasteiger partial charge >= 0.3 is 0 Å². The second-order valence-electron chi connectivity index (χ2n) is 8.23. The van der Waals surface area contributed by atoms with E-state index in [1.54, 1.807) is 31.2 Å². The molecule has 2 N–H and O–H groups in total. The zero-order valence-corrected chi connectivity index (χ0v) is 22.1. The molecule has 5 rings (SSSR count). The molecule has 14 heteroatoms. The lowest BCUT2D eigenvalue weighted by Gasteiger charge is -2.17. The number of hydrogen-bond acceptors (Lipinski definition) is 9. The Balaban J connectivity index is 1.38. The Morgan fingerprint density at radius 1 is 1.00 bits per heavy atom. The zero-order valence-electron chi connectivity index (χ0n) is 19.8. The van der Waals surface area contributed by atoms with Crippen molar-refractivity contribution in [1.29, 1.82) is 5.26 Å². The number of imidazole rings is 1. The molecule has 0 spiro atoms. The lowest BCUT2D eigenvalue weighted by atomic mass is 10.0. The molecule has 2 heterocycles. The molecule has 1 aromatic heterocycles. The van der Waals surface area contributed by atoms with Crippen LogP contribution in [0.1, 0.15) is 17.5 Å². The van der Waals surface area contributed by atoms with Crippen LogP contribution in [0, 0.1) is 11.3 Å². The van der Waals surface area contributed by atoms with Crippen LogP contribution in [-0.4, -0.2) is 34.1 Å². The van der Waals surface area contributed by atoms with Crippen molar-refractivity contribution in [1.82, 2.24) is 9.55 Å². The van der Waals surface area contributed by atoms with Crippen molar-refractivity contribution in [2.24, 2.45) is 15.3 Å². The minimum absolute atomic E-state index is 0.0292. The van der Waals surface area contributed by atoms with Gasteiger partial charge in [0.2, 0.25) is 0 Å². The van der Waals surface area contributed by atoms with Gasteiger partial charge in [-0.2, -0.15) is 29.0 Å². The topological polar surface area (TPSA) is 162 Å². The van der Waals surface area contributed by atoms with Gasteiger partial charge in [-0.1, -0.05) is 23.2 Å². The Morgan fingerprint density at radius 2 is 1.59 bits per heavy atom. The first-order valence-electron chi connectivity index (χ1n) is 11.0. The highest BCUT2D eigenvalue weighted by atomic mass is 35.5. The van der Waals surface area contributed by atoms with Gasteiger partial charge in [0.25, 0.3) is 16.0 Å². The molecule has 39 heavy (non-hydrogen) atoms. The number of carbonyl (C=O) groups is 1. The third kappa shape index (κ3) is 5.04. The van der Waals surface area contributed by atoms with Crippen LogP contribution in [0.5, 0.6) is 0 Å². The fourth-order valence-corrected chi connectivity index (χ4v) is 4.58. The van der Waals surface area contributed by atoms with Crippen LogP contribution in [0.15, 0.2) is 86.5 Å². The summed E-state index contributed by atoms with van der Waals surface area (Å²) >= 11 is 12.3. The van der Waals surface area contributed by atoms with Crippen LogP contribution in [0.4, 0.5) is 17.1 Å². The number of rotatable bonds is 5. The average Bonchev–Trinajstić information content (AvgIpc) is 3.26. The number of nitriles is 1. The molecule has 0 radical (unpaired) electrons. The van der Waals surface area contributed by atoms with Crippen molar-refractivity contribution >= 4 is 78.6 Å². The zero-order chi connectivity index (χ0) is 27.9. The standard InChI is InChI=1S/C25H15Cl2N7O4S/c1-13-18(12-28)24-29-21-10-19(26)20(27)11-22(21)34(24)25(35)23(13)33-32-15-4-2-14(3-5-15)30-31-16-6-8-17(9-7-16)39(36,37)38/h2-11,32H,1H3,(H,36,37,38)/b31-30?,33-23+. The summed E-state index contributed by atoms with van der Waals surface area (Å²) in [5, 5.41) is 22.7. The van der Waals surface area contributed by atoms with E-state index in [0.29, 0.717) is 33.7 Å². The maximum atomic E-state index is 13.4. The van der Waals surface area contributed by atoms with E-state index in [9.17, 15) is 18.5 Å². The summed E-state index contributed by atoms with van der Waals surface area (Å²) in [5.41, 5.74) is 5.64. The summed E-state index contributed by atoms with van der Waals surface area (Å²) in [6.45, 7) is 1.62. The number of halogens is 2. The Kier molecular flexibility index (Phi) is 6.75. The predicted octanol–water partition coefficient (Wildman–Crippen LogP) is 6.42. The summed E-state index contributed by atoms with van der Waals surface area (Å²) in [4.78, 5) is 17.6. The molecule has 11 nitrogen and oxygen atoms in total. The molecule has 0 amide bonds. The van der Waals surface area contributed by atoms with Gasteiger partial charge in [-0.15, -0.1) is 0 Å². The highest BCUT2D eigenvalue weighted by Gasteiger charge is 2.32. The first-order chi connectivity index (χ1) is 18.6. The maximum absolute atomic E-state index is 13.4. The Labute approximate surface area is 231 Å². The number of hydrogen-bond donors (Lipinski definition) is 2. The van der Waals surface area contributed by atoms with Gasteiger partial charge in [0, 0.05) is 5.57 Å². The molecule has 1 aliphatic heterocycles. The van der Waals surface area contributed by atoms with E-state index < -0.39 is 16.0 Å². The number of nitrogens with one attached hydrogen (secondary N) is 1. The monoisotopic (exact) mass is 579 g/mol. The van der Waals surface area contributed by atoms with Crippen LogP contribution in [0.25, 0.3) is 16.6 Å². The summed E-state index contributed by atoms with van der Waals surface area (Å²) in [5.74, 6) is -0.296. The third-order valence-corrected chi connectivity index (χ3v) is 7.34. The predicted molar refractivity (Wildman–Crippen MR) is 147 cm³/mol. The number of carbonyl (C=O) groups excluding carboxylic acids is 1. The number of azo groups is 1. The van der Waals surface area contributed by atoms with E-state index in [2.05, 4.69) is 31.8 Å². The van der Waals surface area contributed by atoms with E-state index in [1.807, 2.05) is 0 Å². The number of benzene rings is 3. The number of fused-ring (bicyclic) bond motifs is 3. The minimum atomic E-state index is -4.29. The summed E-state index contributed by atoms with van der Waals surface area (Å²) < 4.78 is 32.6. The average molecular weight is 580 g/mol. The number of anilines is 1. The van der Waals surface area contributed by atoms with Crippen LogP contribution >= 0.6 is 23.2 Å². The molecule has 0 atom stereocenters. The van der Waals surface area contributed by atoms with Gasteiger partial charge in [0.1, 0.15) is 11.6 Å². The molecule has 0 saturated heterocycles. The minimum Gasteiger partial charge on any atom is -0.282 e. The Hall–Kier alpha value is -4.41. The normalized spacial score (nSPS) is 14.7. The highest BCUT2D eigenvalue weighted by Crippen LogP contribution is 2.33. The second kappa shape index (κ2) is 10.0. The quantitative estimate of drug-likeness (QED) is 0.156. The van der Waals surface area contributed by atoms with E-state index >= 15 is 0 Å². The van der Waals surface area contributed by atoms with E-state index in [-0.39, 0.29) is 32.0 Å². The second-order valence-corrected chi connectivity index (χ2v) is 10.5. The summed E-state index contributed by atoms with van der Waals surface area (Å²) in [6.07, 6.45) is 0. The Bertz CT molecular complexity index is 1900. The summed E-state index contributed by atoms with van der Waals surface area (Å²) in [7, 11) is -4.29. The first-order valence-corrected chi connectivity index (χ1v) is 13.2. The molecule has 4 aromatic rings. The maximum Gasteiger partial charge on any atom is 0.294 e. The lowest BCUT2D eigenvalue weighted by molar-refractivity contribution is 0.0992. The number of nitrogens with zero attached hydrogens (tertiary/aromatic N) is 6. The highest BCUT2D eigenvalue weighted by molar-refractivity contribution is 7.85.